The maximum Gasteiger partial charge on any atom is 0.164 e. The molecule has 0 radical (unpaired) electrons. The second kappa shape index (κ2) is 11.8. The molecular formula is C44H30N4. The summed E-state index contributed by atoms with van der Waals surface area (Å²) in [5.41, 5.74) is 9.80. The molecule has 0 fully saturated rings. The van der Waals surface area contributed by atoms with Gasteiger partial charge in [0, 0.05) is 33.8 Å². The second-order valence-corrected chi connectivity index (χ2v) is 12.2. The maximum absolute atomic E-state index is 5.11. The van der Waals surface area contributed by atoms with Gasteiger partial charge in [-0.25, -0.2) is 15.0 Å². The van der Waals surface area contributed by atoms with Crippen LogP contribution >= 0.6 is 0 Å². The van der Waals surface area contributed by atoms with E-state index in [1.54, 1.807) is 0 Å². The topological polar surface area (TPSA) is 51.6 Å². The molecule has 4 nitrogen and oxygen atoms in total. The first-order chi connectivity index (χ1) is 23.8. The van der Waals surface area contributed by atoms with Gasteiger partial charge in [0.1, 0.15) is 0 Å². The Bertz CT molecular complexity index is 2440. The highest BCUT2D eigenvalue weighted by atomic mass is 15.0. The number of rotatable bonds is 5. The number of hydrogen-bond donors (Lipinski definition) is 0. The van der Waals surface area contributed by atoms with E-state index in [2.05, 4.69) is 91.0 Å². The summed E-state index contributed by atoms with van der Waals surface area (Å²) in [5.74, 6) is 1.91. The van der Waals surface area contributed by atoms with E-state index in [1.807, 2.05) is 66.9 Å². The van der Waals surface area contributed by atoms with Crippen molar-refractivity contribution in [2.75, 3.05) is 0 Å². The van der Waals surface area contributed by atoms with E-state index < -0.39 is 0 Å². The van der Waals surface area contributed by atoms with Crippen LogP contribution in [0.2, 0.25) is 0 Å². The predicted octanol–water partition coefficient (Wildman–Crippen LogP) is 10.9. The Balaban J connectivity index is 1.33. The van der Waals surface area contributed by atoms with Crippen LogP contribution in [0.4, 0.5) is 0 Å². The van der Waals surface area contributed by atoms with Gasteiger partial charge in [0.2, 0.25) is 0 Å². The molecule has 48 heavy (non-hydrogen) atoms. The molecule has 0 unspecified atom stereocenters. The first-order valence-electron chi connectivity index (χ1n) is 16.4. The van der Waals surface area contributed by atoms with E-state index in [9.17, 15) is 0 Å². The van der Waals surface area contributed by atoms with Crippen LogP contribution in [0.15, 0.2) is 152 Å². The summed E-state index contributed by atoms with van der Waals surface area (Å²) in [6, 6.07) is 48.6. The summed E-state index contributed by atoms with van der Waals surface area (Å²) >= 11 is 0. The molecule has 9 rings (SSSR count). The van der Waals surface area contributed by atoms with Gasteiger partial charge in [0.25, 0.3) is 0 Å². The number of nitrogens with zero attached hydrogens (tertiary/aromatic N) is 4. The molecule has 226 valence electrons. The fourth-order valence-corrected chi connectivity index (χ4v) is 6.90. The molecular weight excluding hydrogens is 585 g/mol. The highest BCUT2D eigenvalue weighted by Gasteiger charge is 2.19. The molecule has 0 aliphatic heterocycles. The van der Waals surface area contributed by atoms with Gasteiger partial charge in [0.05, 0.1) is 5.69 Å². The third kappa shape index (κ3) is 5.04. The lowest BCUT2D eigenvalue weighted by Crippen LogP contribution is -2.02. The molecule has 1 aliphatic carbocycles. The minimum Gasteiger partial charge on any atom is -0.256 e. The molecule has 2 aromatic heterocycles. The van der Waals surface area contributed by atoms with E-state index in [1.165, 1.54) is 27.5 Å². The Morgan fingerprint density at radius 3 is 1.77 bits per heavy atom. The highest BCUT2D eigenvalue weighted by Crippen LogP contribution is 2.40. The van der Waals surface area contributed by atoms with Gasteiger partial charge in [0.15, 0.2) is 17.5 Å². The van der Waals surface area contributed by atoms with Gasteiger partial charge < -0.3 is 0 Å². The Kier molecular flexibility index (Phi) is 6.90. The van der Waals surface area contributed by atoms with E-state index in [0.29, 0.717) is 17.5 Å². The van der Waals surface area contributed by atoms with E-state index >= 15 is 0 Å². The smallest absolute Gasteiger partial charge is 0.164 e. The fourth-order valence-electron chi connectivity index (χ4n) is 6.90. The van der Waals surface area contributed by atoms with Crippen molar-refractivity contribution in [1.82, 2.24) is 19.9 Å². The highest BCUT2D eigenvalue weighted by molar-refractivity contribution is 5.99. The van der Waals surface area contributed by atoms with E-state index in [-0.39, 0.29) is 0 Å². The molecule has 0 saturated heterocycles. The molecule has 0 atom stereocenters. The minimum absolute atomic E-state index is 0.626. The standard InChI is InChI=1S/C44H30N4/c1-3-14-30(15-4-1)42-46-43(31-16-5-2-6-17-31)48-44(47-42)35-26-33(25-34(27-35)41-37-20-10-7-13-29(37)23-24-45-41)40-28-32-18-8-9-19-36(32)38-21-11-12-22-39(38)40/h1-11,13-21,23-28H,12,22H2. The first-order valence-corrected chi connectivity index (χ1v) is 16.4. The molecule has 0 saturated carbocycles. The van der Waals surface area contributed by atoms with Crippen LogP contribution in [0.1, 0.15) is 17.5 Å². The zero-order valence-electron chi connectivity index (χ0n) is 26.2. The summed E-state index contributed by atoms with van der Waals surface area (Å²) in [5, 5.41) is 4.78. The quantitative estimate of drug-likeness (QED) is 0.194. The second-order valence-electron chi connectivity index (χ2n) is 12.2. The van der Waals surface area contributed by atoms with Crippen LogP contribution < -0.4 is 0 Å². The van der Waals surface area contributed by atoms with Crippen LogP contribution in [-0.2, 0) is 6.42 Å². The lowest BCUT2D eigenvalue weighted by atomic mass is 9.84. The predicted molar refractivity (Wildman–Crippen MR) is 197 cm³/mol. The van der Waals surface area contributed by atoms with Gasteiger partial charge in [-0.3, -0.25) is 4.98 Å². The molecule has 0 bridgehead atoms. The minimum atomic E-state index is 0.626. The number of fused-ring (bicyclic) bond motifs is 4. The van der Waals surface area contributed by atoms with Crippen molar-refractivity contribution in [3.8, 4) is 56.5 Å². The van der Waals surface area contributed by atoms with Crippen molar-refractivity contribution >= 4 is 27.6 Å². The van der Waals surface area contributed by atoms with Crippen LogP contribution in [0.25, 0.3) is 84.2 Å². The van der Waals surface area contributed by atoms with Crippen molar-refractivity contribution in [3.63, 3.8) is 0 Å². The maximum atomic E-state index is 5.11. The number of pyridine rings is 1. The monoisotopic (exact) mass is 614 g/mol. The number of aromatic nitrogens is 4. The normalized spacial score (nSPS) is 12.3. The van der Waals surface area contributed by atoms with Crippen LogP contribution in [-0.4, -0.2) is 19.9 Å². The molecule has 6 aromatic carbocycles. The van der Waals surface area contributed by atoms with Crippen molar-refractivity contribution in [1.29, 1.82) is 0 Å². The third-order valence-electron chi connectivity index (χ3n) is 9.20. The Labute approximate surface area is 279 Å². The summed E-state index contributed by atoms with van der Waals surface area (Å²) in [7, 11) is 0. The largest absolute Gasteiger partial charge is 0.256 e. The average Bonchev–Trinajstić information content (AvgIpc) is 3.17. The summed E-state index contributed by atoms with van der Waals surface area (Å²) in [6.45, 7) is 0. The molecule has 8 aromatic rings. The van der Waals surface area contributed by atoms with E-state index in [4.69, 9.17) is 19.9 Å². The fraction of sp³-hybridized carbons (Fsp3) is 0.0455. The summed E-state index contributed by atoms with van der Waals surface area (Å²) in [4.78, 5) is 20.1. The van der Waals surface area contributed by atoms with Crippen LogP contribution in [0, 0.1) is 0 Å². The van der Waals surface area contributed by atoms with Crippen LogP contribution in [0.5, 0.6) is 0 Å². The lowest BCUT2D eigenvalue weighted by Gasteiger charge is -2.20. The van der Waals surface area contributed by atoms with Gasteiger partial charge in [-0.1, -0.05) is 121 Å². The molecule has 1 aliphatic rings. The van der Waals surface area contributed by atoms with Crippen LogP contribution in [0.3, 0.4) is 0 Å². The van der Waals surface area contributed by atoms with Gasteiger partial charge in [-0.15, -0.1) is 0 Å². The Hall–Kier alpha value is -6.26. The van der Waals surface area contributed by atoms with Crippen molar-refractivity contribution < 1.29 is 0 Å². The van der Waals surface area contributed by atoms with E-state index in [0.717, 1.165) is 57.1 Å². The summed E-state index contributed by atoms with van der Waals surface area (Å²) < 4.78 is 0. The first kappa shape index (κ1) is 28.0. The van der Waals surface area contributed by atoms with Gasteiger partial charge in [-0.05, 0) is 81.6 Å². The number of allylic oxidation sites excluding steroid dienone is 1. The van der Waals surface area contributed by atoms with Gasteiger partial charge >= 0.3 is 0 Å². The van der Waals surface area contributed by atoms with Gasteiger partial charge in [-0.2, -0.15) is 0 Å². The molecule has 4 heteroatoms. The lowest BCUT2D eigenvalue weighted by molar-refractivity contribution is 0.992. The Morgan fingerprint density at radius 1 is 0.458 bits per heavy atom. The zero-order chi connectivity index (χ0) is 31.9. The average molecular weight is 615 g/mol. The van der Waals surface area contributed by atoms with Crippen molar-refractivity contribution in [2.45, 2.75) is 12.8 Å². The molecule has 0 amide bonds. The third-order valence-corrected chi connectivity index (χ3v) is 9.20. The number of benzene rings is 6. The zero-order valence-corrected chi connectivity index (χ0v) is 26.2. The Morgan fingerprint density at radius 2 is 1.04 bits per heavy atom. The van der Waals surface area contributed by atoms with Crippen molar-refractivity contribution in [2.24, 2.45) is 0 Å². The molecule has 0 spiro atoms. The molecule has 0 N–H and O–H groups in total. The SMILES string of the molecule is C1=Cc2c(c(-c3cc(-c4nc(-c5ccccc5)nc(-c5ccccc5)n4)cc(-c4nccc5ccccc45)c3)cc3ccccc23)CC1. The van der Waals surface area contributed by atoms with Crippen molar-refractivity contribution in [3.05, 3.63) is 163 Å². The number of hydrogen-bond acceptors (Lipinski definition) is 4. The molecule has 2 heterocycles. The summed E-state index contributed by atoms with van der Waals surface area (Å²) in [6.07, 6.45) is 8.49.